The molecule has 0 spiro atoms. The number of anilines is 3. The molecule has 0 aliphatic rings. The fourth-order valence-electron chi connectivity index (χ4n) is 8.50. The summed E-state index contributed by atoms with van der Waals surface area (Å²) in [7, 11) is 0. The Morgan fingerprint density at radius 3 is 1.61 bits per heavy atom. The van der Waals surface area contributed by atoms with Crippen LogP contribution in [-0.4, -0.2) is 0 Å². The summed E-state index contributed by atoms with van der Waals surface area (Å²) in [6.45, 7) is 0. The van der Waals surface area contributed by atoms with Gasteiger partial charge in [-0.05, 0) is 91.6 Å². The molecule has 11 rings (SSSR count). The second-order valence-electron chi connectivity index (χ2n) is 14.5. The lowest BCUT2D eigenvalue weighted by Gasteiger charge is -2.28. The van der Waals surface area contributed by atoms with E-state index in [0.29, 0.717) is 0 Å². The summed E-state index contributed by atoms with van der Waals surface area (Å²) >= 11 is 0. The molecule has 0 aliphatic carbocycles. The van der Waals surface area contributed by atoms with Crippen LogP contribution in [0.25, 0.3) is 87.6 Å². The minimum atomic E-state index is 0.893. The number of hydrogen-bond donors (Lipinski definition) is 0. The zero-order valence-corrected chi connectivity index (χ0v) is 30.6. The van der Waals surface area contributed by atoms with Gasteiger partial charge in [0.05, 0.1) is 5.69 Å². The number of benzene rings is 10. The van der Waals surface area contributed by atoms with Crippen molar-refractivity contribution in [2.75, 3.05) is 4.90 Å². The van der Waals surface area contributed by atoms with Crippen LogP contribution >= 0.6 is 0 Å². The average Bonchev–Trinajstić information content (AvgIpc) is 3.67. The Balaban J connectivity index is 1.08. The van der Waals surface area contributed by atoms with Crippen LogP contribution in [0.1, 0.15) is 0 Å². The Morgan fingerprint density at radius 2 is 0.804 bits per heavy atom. The topological polar surface area (TPSA) is 16.4 Å². The first kappa shape index (κ1) is 32.0. The molecular formula is C54H35NO. The Morgan fingerprint density at radius 1 is 0.286 bits per heavy atom. The Kier molecular flexibility index (Phi) is 7.53. The van der Waals surface area contributed by atoms with E-state index in [1.54, 1.807) is 0 Å². The predicted octanol–water partition coefficient (Wildman–Crippen LogP) is 15.5. The number of para-hydroxylation sites is 2. The molecule has 0 atom stereocenters. The van der Waals surface area contributed by atoms with Gasteiger partial charge in [0.2, 0.25) is 0 Å². The SMILES string of the molecule is c1ccc(N(c2ccc(-c3ccc4ccccc4c3)cc2)c2ccc(-c3cccc4ccccc34)cc2)c(-c2cccc3c2oc2c4ccccc4ccc32)c1. The number of nitrogens with zero attached hydrogens (tertiary/aromatic N) is 1. The molecule has 0 unspecified atom stereocenters. The molecule has 0 saturated carbocycles. The van der Waals surface area contributed by atoms with E-state index in [2.05, 4.69) is 217 Å². The van der Waals surface area contributed by atoms with Gasteiger partial charge in [-0.2, -0.15) is 0 Å². The summed E-state index contributed by atoms with van der Waals surface area (Å²) in [6.07, 6.45) is 0. The molecule has 0 amide bonds. The van der Waals surface area contributed by atoms with Crippen LogP contribution in [0.5, 0.6) is 0 Å². The predicted molar refractivity (Wildman–Crippen MR) is 237 cm³/mol. The lowest BCUT2D eigenvalue weighted by atomic mass is 9.97. The van der Waals surface area contributed by atoms with E-state index in [1.165, 1.54) is 49.2 Å². The molecule has 262 valence electrons. The van der Waals surface area contributed by atoms with Crippen molar-refractivity contribution in [1.82, 2.24) is 0 Å². The second-order valence-corrected chi connectivity index (χ2v) is 14.5. The van der Waals surface area contributed by atoms with Crippen LogP contribution in [0, 0.1) is 0 Å². The van der Waals surface area contributed by atoms with Gasteiger partial charge in [-0.25, -0.2) is 0 Å². The molecule has 2 heteroatoms. The van der Waals surface area contributed by atoms with Crippen LogP contribution in [0.4, 0.5) is 17.1 Å². The zero-order valence-electron chi connectivity index (χ0n) is 30.6. The summed E-state index contributed by atoms with van der Waals surface area (Å²) in [5.41, 5.74) is 12.0. The zero-order chi connectivity index (χ0) is 37.0. The Labute approximate surface area is 325 Å². The highest BCUT2D eigenvalue weighted by Crippen LogP contribution is 2.45. The quantitative estimate of drug-likeness (QED) is 0.171. The molecule has 0 saturated heterocycles. The lowest BCUT2D eigenvalue weighted by molar-refractivity contribution is 0.674. The van der Waals surface area contributed by atoms with Gasteiger partial charge >= 0.3 is 0 Å². The first-order chi connectivity index (χ1) is 27.8. The monoisotopic (exact) mass is 713 g/mol. The van der Waals surface area contributed by atoms with Crippen molar-refractivity contribution in [2.24, 2.45) is 0 Å². The summed E-state index contributed by atoms with van der Waals surface area (Å²) in [4.78, 5) is 2.38. The van der Waals surface area contributed by atoms with E-state index in [1.807, 2.05) is 0 Å². The van der Waals surface area contributed by atoms with Crippen LogP contribution < -0.4 is 4.90 Å². The van der Waals surface area contributed by atoms with Gasteiger partial charge < -0.3 is 9.32 Å². The average molecular weight is 714 g/mol. The maximum Gasteiger partial charge on any atom is 0.143 e. The van der Waals surface area contributed by atoms with E-state index < -0.39 is 0 Å². The first-order valence-corrected chi connectivity index (χ1v) is 19.2. The normalized spacial score (nSPS) is 11.6. The largest absolute Gasteiger partial charge is 0.455 e. The fraction of sp³-hybridized carbons (Fsp3) is 0. The van der Waals surface area contributed by atoms with Crippen molar-refractivity contribution in [1.29, 1.82) is 0 Å². The van der Waals surface area contributed by atoms with Gasteiger partial charge in [-0.1, -0.05) is 170 Å². The number of rotatable bonds is 6. The molecule has 0 bridgehead atoms. The highest BCUT2D eigenvalue weighted by Gasteiger charge is 2.21. The van der Waals surface area contributed by atoms with Gasteiger partial charge in [0.25, 0.3) is 0 Å². The van der Waals surface area contributed by atoms with Crippen molar-refractivity contribution < 1.29 is 4.42 Å². The van der Waals surface area contributed by atoms with Crippen molar-refractivity contribution in [3.05, 3.63) is 212 Å². The van der Waals surface area contributed by atoms with E-state index in [-0.39, 0.29) is 0 Å². The fourth-order valence-corrected chi connectivity index (χ4v) is 8.50. The van der Waals surface area contributed by atoms with E-state index in [9.17, 15) is 0 Å². The first-order valence-electron chi connectivity index (χ1n) is 19.2. The van der Waals surface area contributed by atoms with Crippen molar-refractivity contribution in [2.45, 2.75) is 0 Å². The maximum absolute atomic E-state index is 6.87. The Bertz CT molecular complexity index is 3240. The molecule has 11 aromatic rings. The minimum absolute atomic E-state index is 0.893. The summed E-state index contributed by atoms with van der Waals surface area (Å²) < 4.78 is 6.87. The van der Waals surface area contributed by atoms with Crippen LogP contribution in [0.3, 0.4) is 0 Å². The summed E-state index contributed by atoms with van der Waals surface area (Å²) in [5.74, 6) is 0. The Hall–Kier alpha value is -7.42. The molecular weight excluding hydrogens is 679 g/mol. The number of fused-ring (bicyclic) bond motifs is 7. The van der Waals surface area contributed by atoms with Gasteiger partial charge in [-0.15, -0.1) is 0 Å². The standard InChI is InChI=1S/C54H35NO/c1-2-14-41-35-42(24-23-36(41)11-1)37-25-30-43(31-26-37)55(44-32-27-40(28-33-44)46-19-9-15-38-12-3-5-16-45(38)46)52-22-8-7-18-48(52)49-20-10-21-50-51-34-29-39-13-4-6-17-47(39)53(51)56-54(49)50/h1-35H. The second kappa shape index (κ2) is 13.2. The molecule has 2 nitrogen and oxygen atoms in total. The van der Waals surface area contributed by atoms with E-state index in [4.69, 9.17) is 4.42 Å². The lowest BCUT2D eigenvalue weighted by Crippen LogP contribution is -2.11. The molecule has 56 heavy (non-hydrogen) atoms. The molecule has 10 aromatic carbocycles. The third kappa shape index (κ3) is 5.34. The maximum atomic E-state index is 6.87. The van der Waals surface area contributed by atoms with Crippen molar-refractivity contribution >= 4 is 71.3 Å². The van der Waals surface area contributed by atoms with Crippen molar-refractivity contribution in [3.8, 4) is 33.4 Å². The highest BCUT2D eigenvalue weighted by atomic mass is 16.3. The number of furan rings is 1. The van der Waals surface area contributed by atoms with Gasteiger partial charge in [0, 0.05) is 38.7 Å². The van der Waals surface area contributed by atoms with Crippen LogP contribution in [0.2, 0.25) is 0 Å². The molecule has 0 N–H and O–H groups in total. The minimum Gasteiger partial charge on any atom is -0.455 e. The van der Waals surface area contributed by atoms with Gasteiger partial charge in [0.1, 0.15) is 11.2 Å². The smallest absolute Gasteiger partial charge is 0.143 e. The van der Waals surface area contributed by atoms with Crippen LogP contribution in [-0.2, 0) is 0 Å². The molecule has 1 heterocycles. The highest BCUT2D eigenvalue weighted by molar-refractivity contribution is 6.17. The summed E-state index contributed by atoms with van der Waals surface area (Å²) in [5, 5.41) is 9.52. The van der Waals surface area contributed by atoms with E-state index >= 15 is 0 Å². The molecule has 0 aliphatic heterocycles. The summed E-state index contributed by atoms with van der Waals surface area (Å²) in [6, 6.07) is 76.4. The third-order valence-corrected chi connectivity index (χ3v) is 11.3. The molecule has 0 fully saturated rings. The van der Waals surface area contributed by atoms with Gasteiger partial charge in [-0.3, -0.25) is 0 Å². The third-order valence-electron chi connectivity index (χ3n) is 11.3. The number of hydrogen-bond acceptors (Lipinski definition) is 2. The molecule has 0 radical (unpaired) electrons. The van der Waals surface area contributed by atoms with Crippen LogP contribution in [0.15, 0.2) is 217 Å². The van der Waals surface area contributed by atoms with Gasteiger partial charge in [0.15, 0.2) is 0 Å². The van der Waals surface area contributed by atoms with Crippen molar-refractivity contribution in [3.63, 3.8) is 0 Å². The molecule has 1 aromatic heterocycles. The van der Waals surface area contributed by atoms with E-state index in [0.717, 1.165) is 55.5 Å².